The molecule has 3 nitrogen and oxygen atoms in total. The van der Waals surface area contributed by atoms with E-state index in [1.165, 1.54) is 53.5 Å². The Labute approximate surface area is 266 Å². The molecule has 0 N–H and O–H groups in total. The zero-order valence-electron chi connectivity index (χ0n) is 24.3. The van der Waals surface area contributed by atoms with E-state index in [4.69, 9.17) is 4.74 Å². The van der Waals surface area contributed by atoms with Crippen molar-refractivity contribution in [1.82, 2.24) is 0 Å². The van der Waals surface area contributed by atoms with Gasteiger partial charge in [-0.3, -0.25) is 0 Å². The molecular formula is C39H28N2OS2. The fourth-order valence-corrected chi connectivity index (χ4v) is 8.89. The van der Waals surface area contributed by atoms with Gasteiger partial charge in [-0.15, -0.1) is 0 Å². The molecule has 9 rings (SSSR count). The van der Waals surface area contributed by atoms with Crippen molar-refractivity contribution in [3.63, 3.8) is 0 Å². The van der Waals surface area contributed by atoms with Crippen LogP contribution in [0.3, 0.4) is 0 Å². The smallest absolute Gasteiger partial charge is 0.155 e. The molecule has 0 bridgehead atoms. The van der Waals surface area contributed by atoms with Gasteiger partial charge in [-0.1, -0.05) is 110 Å². The van der Waals surface area contributed by atoms with Crippen LogP contribution >= 0.6 is 23.5 Å². The number of rotatable bonds is 2. The van der Waals surface area contributed by atoms with Gasteiger partial charge in [0.2, 0.25) is 0 Å². The molecule has 3 aliphatic heterocycles. The zero-order chi connectivity index (χ0) is 29.4. The summed E-state index contributed by atoms with van der Waals surface area (Å²) in [5.74, 6) is 1.81. The summed E-state index contributed by atoms with van der Waals surface area (Å²) in [6, 6.07) is 47.9. The van der Waals surface area contributed by atoms with Crippen molar-refractivity contribution in [2.45, 2.75) is 38.8 Å². The third-order valence-electron chi connectivity index (χ3n) is 8.89. The van der Waals surface area contributed by atoms with Crippen LogP contribution in [0.15, 0.2) is 153 Å². The quantitative estimate of drug-likeness (QED) is 0.194. The van der Waals surface area contributed by atoms with Crippen molar-refractivity contribution in [3.8, 4) is 11.5 Å². The van der Waals surface area contributed by atoms with E-state index < -0.39 is 0 Å². The minimum absolute atomic E-state index is 0.290. The molecule has 0 aromatic heterocycles. The van der Waals surface area contributed by atoms with Gasteiger partial charge in [0.05, 0.1) is 34.1 Å². The lowest BCUT2D eigenvalue weighted by Crippen LogP contribution is -2.27. The highest BCUT2D eigenvalue weighted by atomic mass is 32.2. The molecule has 0 atom stereocenters. The monoisotopic (exact) mass is 604 g/mol. The maximum absolute atomic E-state index is 7.24. The minimum atomic E-state index is -0.290. The number of hydrogen-bond acceptors (Lipinski definition) is 5. The fraction of sp³-hybridized carbons (Fsp3) is 0.0769. The molecule has 0 saturated heterocycles. The molecule has 6 aromatic rings. The van der Waals surface area contributed by atoms with E-state index in [0.29, 0.717) is 0 Å². The Morgan fingerprint density at radius 2 is 0.727 bits per heavy atom. The highest BCUT2D eigenvalue weighted by molar-refractivity contribution is 8.00. The second kappa shape index (κ2) is 9.71. The highest BCUT2D eigenvalue weighted by Crippen LogP contribution is 2.60. The van der Waals surface area contributed by atoms with Crippen molar-refractivity contribution in [2.24, 2.45) is 0 Å². The summed E-state index contributed by atoms with van der Waals surface area (Å²) in [5, 5.41) is 0. The van der Waals surface area contributed by atoms with E-state index in [0.717, 1.165) is 22.9 Å². The Bertz CT molecular complexity index is 1880. The number of anilines is 6. The first-order valence-electron chi connectivity index (χ1n) is 14.9. The van der Waals surface area contributed by atoms with Crippen molar-refractivity contribution in [1.29, 1.82) is 0 Å². The molecule has 5 heteroatoms. The van der Waals surface area contributed by atoms with Crippen molar-refractivity contribution in [2.75, 3.05) is 9.80 Å². The number of para-hydroxylation sites is 6. The van der Waals surface area contributed by atoms with Gasteiger partial charge in [-0.05, 0) is 60.7 Å². The maximum atomic E-state index is 7.24. The zero-order valence-corrected chi connectivity index (χ0v) is 26.0. The number of benzene rings is 6. The minimum Gasteiger partial charge on any atom is -0.452 e. The van der Waals surface area contributed by atoms with E-state index in [9.17, 15) is 0 Å². The molecule has 3 heterocycles. The van der Waals surface area contributed by atoms with Gasteiger partial charge in [-0.2, -0.15) is 0 Å². The summed E-state index contributed by atoms with van der Waals surface area (Å²) in [6.07, 6.45) is 0. The number of nitrogens with zero attached hydrogens (tertiary/aromatic N) is 2. The Hall–Kier alpha value is -4.58. The molecule has 0 radical (unpaired) electrons. The van der Waals surface area contributed by atoms with E-state index in [-0.39, 0.29) is 5.41 Å². The maximum Gasteiger partial charge on any atom is 0.155 e. The van der Waals surface area contributed by atoms with Crippen LogP contribution in [-0.2, 0) is 5.41 Å². The van der Waals surface area contributed by atoms with Gasteiger partial charge in [0.1, 0.15) is 0 Å². The Morgan fingerprint density at radius 3 is 1.09 bits per heavy atom. The first-order valence-corrected chi connectivity index (χ1v) is 16.5. The van der Waals surface area contributed by atoms with E-state index >= 15 is 0 Å². The van der Waals surface area contributed by atoms with Gasteiger partial charge in [0.25, 0.3) is 0 Å². The van der Waals surface area contributed by atoms with E-state index in [1.807, 2.05) is 23.5 Å². The number of ether oxygens (including phenoxy) is 1. The molecule has 0 spiro atoms. The SMILES string of the molecule is CC1(C)c2cccc(N3c4ccccc4Sc4ccccc43)c2Oc2c(N3c4ccccc4Sc4ccccc43)cccc21. The highest BCUT2D eigenvalue weighted by Gasteiger charge is 2.40. The van der Waals surface area contributed by atoms with Crippen LogP contribution in [0.4, 0.5) is 34.1 Å². The number of hydrogen-bond donors (Lipinski definition) is 0. The normalized spacial score (nSPS) is 15.1. The average Bonchev–Trinajstić information content (AvgIpc) is 3.06. The van der Waals surface area contributed by atoms with Crippen LogP contribution < -0.4 is 14.5 Å². The molecule has 6 aromatic carbocycles. The van der Waals surface area contributed by atoms with Crippen LogP contribution in [0, 0.1) is 0 Å². The van der Waals surface area contributed by atoms with Gasteiger partial charge in [0, 0.05) is 36.1 Å². The Morgan fingerprint density at radius 1 is 0.409 bits per heavy atom. The van der Waals surface area contributed by atoms with Crippen LogP contribution in [0.1, 0.15) is 25.0 Å². The van der Waals surface area contributed by atoms with Gasteiger partial charge >= 0.3 is 0 Å². The molecule has 44 heavy (non-hydrogen) atoms. The third kappa shape index (κ3) is 3.73. The second-order valence-electron chi connectivity index (χ2n) is 11.8. The van der Waals surface area contributed by atoms with Crippen molar-refractivity contribution >= 4 is 57.6 Å². The van der Waals surface area contributed by atoms with Gasteiger partial charge in [0.15, 0.2) is 11.5 Å². The van der Waals surface area contributed by atoms with Crippen LogP contribution in [-0.4, -0.2) is 0 Å². The summed E-state index contributed by atoms with van der Waals surface area (Å²) >= 11 is 3.65. The fourth-order valence-electron chi connectivity index (χ4n) is 6.78. The molecule has 0 fully saturated rings. The first-order chi connectivity index (χ1) is 21.6. The van der Waals surface area contributed by atoms with Crippen LogP contribution in [0.25, 0.3) is 0 Å². The predicted octanol–water partition coefficient (Wildman–Crippen LogP) is 12.0. The lowest BCUT2D eigenvalue weighted by atomic mass is 9.75. The summed E-state index contributed by atoms with van der Waals surface area (Å²) in [5.41, 5.74) is 8.84. The standard InChI is InChI=1S/C39H28N2OS2/c1-39(2)25-13-11-19-31(40-27-15-3-7-21-33(27)43-34-22-8-4-16-28(34)40)37(25)42-38-26(39)14-12-20-32(38)41-29-17-5-9-23-35(29)44-36-24-10-6-18-30(36)41/h3-24H,1-2H3. The summed E-state index contributed by atoms with van der Waals surface area (Å²) < 4.78 is 7.24. The average molecular weight is 605 g/mol. The lowest BCUT2D eigenvalue weighted by molar-refractivity contribution is 0.420. The molecule has 0 saturated carbocycles. The molecule has 3 aliphatic rings. The number of fused-ring (bicyclic) bond motifs is 6. The predicted molar refractivity (Wildman–Crippen MR) is 183 cm³/mol. The Balaban J connectivity index is 1.27. The summed E-state index contributed by atoms with van der Waals surface area (Å²) in [4.78, 5) is 9.70. The largest absolute Gasteiger partial charge is 0.452 e. The molecule has 212 valence electrons. The summed E-state index contributed by atoms with van der Waals surface area (Å²) in [6.45, 7) is 4.64. The topological polar surface area (TPSA) is 15.7 Å². The lowest BCUT2D eigenvalue weighted by Gasteiger charge is -2.41. The molecular weight excluding hydrogens is 577 g/mol. The van der Waals surface area contributed by atoms with E-state index in [2.05, 4.69) is 157 Å². The third-order valence-corrected chi connectivity index (χ3v) is 11.1. The van der Waals surface area contributed by atoms with Crippen molar-refractivity contribution < 1.29 is 4.74 Å². The summed E-state index contributed by atoms with van der Waals surface area (Å²) in [7, 11) is 0. The Kier molecular flexibility index (Phi) is 5.71. The van der Waals surface area contributed by atoms with Crippen LogP contribution in [0.2, 0.25) is 0 Å². The molecule has 0 aliphatic carbocycles. The van der Waals surface area contributed by atoms with Crippen LogP contribution in [0.5, 0.6) is 11.5 Å². The molecule has 0 amide bonds. The molecule has 0 unspecified atom stereocenters. The van der Waals surface area contributed by atoms with Gasteiger partial charge < -0.3 is 14.5 Å². The van der Waals surface area contributed by atoms with Gasteiger partial charge in [-0.25, -0.2) is 0 Å². The van der Waals surface area contributed by atoms with Crippen molar-refractivity contribution in [3.05, 3.63) is 145 Å². The first kappa shape index (κ1) is 25.9. The second-order valence-corrected chi connectivity index (χ2v) is 13.9. The van der Waals surface area contributed by atoms with E-state index in [1.54, 1.807) is 0 Å².